The Labute approximate surface area is 258 Å². The first-order chi connectivity index (χ1) is 20.7. The molecule has 1 fully saturated rings. The van der Waals surface area contributed by atoms with Crippen LogP contribution in [0.3, 0.4) is 0 Å². The van der Waals surface area contributed by atoms with Crippen LogP contribution in [0.15, 0.2) is 36.4 Å². The second-order valence-electron chi connectivity index (χ2n) is 12.8. The van der Waals surface area contributed by atoms with E-state index < -0.39 is 54.8 Å². The summed E-state index contributed by atoms with van der Waals surface area (Å²) in [7, 11) is -0.438. The van der Waals surface area contributed by atoms with E-state index >= 15 is 0 Å². The van der Waals surface area contributed by atoms with Crippen molar-refractivity contribution < 1.29 is 42.3 Å². The molecule has 0 N–H and O–H groups in total. The van der Waals surface area contributed by atoms with Gasteiger partial charge in [0, 0.05) is 37.3 Å². The van der Waals surface area contributed by atoms with E-state index in [-0.39, 0.29) is 31.2 Å². The highest BCUT2D eigenvalue weighted by Crippen LogP contribution is 2.60. The molecule has 12 heteroatoms. The van der Waals surface area contributed by atoms with Gasteiger partial charge in [-0.25, -0.2) is 9.59 Å². The second kappa shape index (κ2) is 13.0. The Morgan fingerprint density at radius 1 is 0.977 bits per heavy atom. The first-order valence-electron chi connectivity index (χ1n) is 14.9. The number of hydrogen-bond donors (Lipinski definition) is 0. The van der Waals surface area contributed by atoms with Crippen molar-refractivity contribution in [2.75, 3.05) is 27.9 Å². The van der Waals surface area contributed by atoms with E-state index in [0.29, 0.717) is 22.9 Å². The van der Waals surface area contributed by atoms with E-state index in [1.54, 1.807) is 45.0 Å². The van der Waals surface area contributed by atoms with Gasteiger partial charge in [-0.05, 0) is 75.3 Å². The number of benzene rings is 2. The molecule has 240 valence electrons. The van der Waals surface area contributed by atoms with Crippen LogP contribution in [0.4, 0.5) is 4.79 Å². The number of imide groups is 1. The zero-order valence-corrected chi connectivity index (χ0v) is 27.6. The summed E-state index contributed by atoms with van der Waals surface area (Å²) in [5.41, 5.74) is -0.0768. The number of likely N-dealkylation sites (tertiary alicyclic amines) is 1. The Balaban J connectivity index is 1.80. The summed E-state index contributed by atoms with van der Waals surface area (Å²) in [4.78, 5) is 56.7. The number of rotatable bonds is 9. The molecule has 2 aromatic carbocycles. The fraction of sp³-hybridized carbons (Fsp3) is 0.562. The minimum absolute atomic E-state index is 0.0172. The molecule has 2 heterocycles. The van der Waals surface area contributed by atoms with Crippen molar-refractivity contribution in [1.29, 1.82) is 0 Å². The molecule has 0 radical (unpaired) electrons. The fourth-order valence-corrected chi connectivity index (χ4v) is 8.61. The molecule has 2 aliphatic rings. The topological polar surface area (TPSA) is 129 Å². The molecule has 2 aromatic rings. The average molecular weight is 631 g/mol. The molecule has 0 bridgehead atoms. The van der Waals surface area contributed by atoms with Gasteiger partial charge in [0.2, 0.25) is 0 Å². The van der Waals surface area contributed by atoms with Crippen LogP contribution in [-0.4, -0.2) is 79.0 Å². The number of carbonyl (C=O) groups excluding carboxylic acids is 4. The molecule has 0 aromatic heterocycles. The lowest BCUT2D eigenvalue weighted by Gasteiger charge is -2.50. The minimum atomic E-state index is -4.12. The largest absolute Gasteiger partial charge is 0.467 e. The van der Waals surface area contributed by atoms with Crippen molar-refractivity contribution in [2.45, 2.75) is 71.3 Å². The van der Waals surface area contributed by atoms with Crippen LogP contribution in [0.25, 0.3) is 10.8 Å². The molecular formula is C32H43N2O9P. The lowest BCUT2D eigenvalue weighted by atomic mass is 9.75. The van der Waals surface area contributed by atoms with Crippen LogP contribution in [0, 0.1) is 17.8 Å². The lowest BCUT2D eigenvalue weighted by Crippen LogP contribution is -2.60. The lowest BCUT2D eigenvalue weighted by molar-refractivity contribution is -0.151. The standard InChI is InChI=1S/C32H43N2O9P/c1-19(2)17-21-18-25(30(37)40-6)34(31(38)43-32(3,4)5)29(44(39,41-7)42-8)22(21)15-16-33-27(35)23-13-9-11-20-12-10-14-24(26(20)23)28(33)36/h9-14,19,21-22,25,29H,15-18H2,1-8H3/t21-,22+,25-,29-/m1/s1. The molecule has 0 unspecified atom stereocenters. The van der Waals surface area contributed by atoms with Crippen molar-refractivity contribution in [3.8, 4) is 0 Å². The SMILES string of the molecule is COC(=O)[C@H]1C[C@@H](CC(C)C)[C@H](CCN2C(=O)c3cccc4cccc(c34)C2=O)[C@@H](P(=O)(OC)OC)N1C(=O)OC(C)(C)C. The van der Waals surface area contributed by atoms with E-state index in [1.807, 2.05) is 26.0 Å². The molecule has 44 heavy (non-hydrogen) atoms. The molecule has 1 saturated heterocycles. The van der Waals surface area contributed by atoms with Crippen molar-refractivity contribution in [1.82, 2.24) is 9.80 Å². The second-order valence-corrected chi connectivity index (χ2v) is 15.1. The fourth-order valence-electron chi connectivity index (χ4n) is 6.61. The number of piperidine rings is 1. The van der Waals surface area contributed by atoms with E-state index in [4.69, 9.17) is 18.5 Å². The van der Waals surface area contributed by atoms with Crippen LogP contribution in [-0.2, 0) is 27.9 Å². The van der Waals surface area contributed by atoms with Gasteiger partial charge < -0.3 is 18.5 Å². The van der Waals surface area contributed by atoms with Crippen LogP contribution in [0.5, 0.6) is 0 Å². The van der Waals surface area contributed by atoms with E-state index in [2.05, 4.69) is 0 Å². The van der Waals surface area contributed by atoms with Crippen LogP contribution in [0.1, 0.15) is 74.6 Å². The normalized spacial score (nSPS) is 22.5. The number of esters is 1. The number of methoxy groups -OCH3 is 1. The summed E-state index contributed by atoms with van der Waals surface area (Å²) >= 11 is 0. The molecule has 11 nitrogen and oxygen atoms in total. The van der Waals surface area contributed by atoms with Gasteiger partial charge in [0.15, 0.2) is 0 Å². The Kier molecular flexibility index (Phi) is 9.93. The first kappa shape index (κ1) is 33.6. The molecule has 4 rings (SSSR count). The number of ether oxygens (including phenoxy) is 2. The van der Waals surface area contributed by atoms with E-state index in [9.17, 15) is 23.7 Å². The molecule has 0 spiro atoms. The third kappa shape index (κ3) is 6.41. The van der Waals surface area contributed by atoms with Gasteiger partial charge in [-0.1, -0.05) is 38.1 Å². The van der Waals surface area contributed by atoms with Crippen molar-refractivity contribution in [3.05, 3.63) is 47.5 Å². The Morgan fingerprint density at radius 2 is 1.55 bits per heavy atom. The van der Waals surface area contributed by atoms with Gasteiger partial charge in [0.05, 0.1) is 7.11 Å². The maximum Gasteiger partial charge on any atom is 0.411 e. The molecule has 2 aliphatic heterocycles. The molecule has 0 aliphatic carbocycles. The van der Waals surface area contributed by atoms with Gasteiger partial charge in [-0.15, -0.1) is 0 Å². The number of carbonyl (C=O) groups is 4. The highest BCUT2D eigenvalue weighted by atomic mass is 31.2. The predicted octanol–water partition coefficient (Wildman–Crippen LogP) is 6.10. The van der Waals surface area contributed by atoms with Crippen molar-refractivity contribution in [3.63, 3.8) is 0 Å². The summed E-state index contributed by atoms with van der Waals surface area (Å²) in [5.74, 6) is -3.51. The maximum absolute atomic E-state index is 14.4. The predicted molar refractivity (Wildman–Crippen MR) is 164 cm³/mol. The number of nitrogens with zero attached hydrogens (tertiary/aromatic N) is 2. The molecular weight excluding hydrogens is 587 g/mol. The summed E-state index contributed by atoms with van der Waals surface area (Å²) in [6.07, 6.45) is 0.101. The van der Waals surface area contributed by atoms with Gasteiger partial charge in [-0.2, -0.15) is 0 Å². The monoisotopic (exact) mass is 630 g/mol. The quantitative estimate of drug-likeness (QED) is 0.183. The van der Waals surface area contributed by atoms with Gasteiger partial charge in [0.25, 0.3) is 11.8 Å². The Hall–Kier alpha value is -3.27. The Bertz CT molecular complexity index is 1430. The maximum atomic E-state index is 14.4. The number of amides is 3. The van der Waals surface area contributed by atoms with Crippen LogP contribution >= 0.6 is 7.60 Å². The third-order valence-electron chi connectivity index (χ3n) is 8.36. The van der Waals surface area contributed by atoms with Gasteiger partial charge >= 0.3 is 19.7 Å². The molecule has 3 amide bonds. The van der Waals surface area contributed by atoms with E-state index in [1.165, 1.54) is 26.2 Å². The minimum Gasteiger partial charge on any atom is -0.467 e. The van der Waals surface area contributed by atoms with Crippen LogP contribution < -0.4 is 0 Å². The zero-order valence-electron chi connectivity index (χ0n) is 26.7. The summed E-state index contributed by atoms with van der Waals surface area (Å²) in [6, 6.07) is 9.56. The first-order valence-corrected chi connectivity index (χ1v) is 16.5. The van der Waals surface area contributed by atoms with Gasteiger partial charge in [0.1, 0.15) is 17.4 Å². The average Bonchev–Trinajstić information content (AvgIpc) is 2.97. The summed E-state index contributed by atoms with van der Waals surface area (Å²) in [5, 5.41) is 1.42. The van der Waals surface area contributed by atoms with Crippen LogP contribution in [0.2, 0.25) is 0 Å². The highest BCUT2D eigenvalue weighted by molar-refractivity contribution is 7.54. The summed E-state index contributed by atoms with van der Waals surface area (Å²) in [6.45, 7) is 9.11. The molecule has 0 saturated carbocycles. The highest BCUT2D eigenvalue weighted by Gasteiger charge is 2.57. The zero-order chi connectivity index (χ0) is 32.6. The van der Waals surface area contributed by atoms with Crippen molar-refractivity contribution in [2.24, 2.45) is 17.8 Å². The smallest absolute Gasteiger partial charge is 0.411 e. The number of hydrogen-bond acceptors (Lipinski definition) is 9. The van der Waals surface area contributed by atoms with Gasteiger partial charge in [-0.3, -0.25) is 24.0 Å². The van der Waals surface area contributed by atoms with Crippen molar-refractivity contribution >= 4 is 42.2 Å². The summed E-state index contributed by atoms with van der Waals surface area (Å²) < 4.78 is 36.1. The molecule has 4 atom stereocenters. The third-order valence-corrected chi connectivity index (χ3v) is 10.7. The van der Waals surface area contributed by atoms with E-state index in [0.717, 1.165) is 10.3 Å². The Morgan fingerprint density at radius 3 is 2.02 bits per heavy atom.